The SMILES string of the molecule is CCC(C)C(NC(=O)CCc1nc(-c2ccco2)no1)C(N)=O. The largest absolute Gasteiger partial charge is 0.461 e. The van der Waals surface area contributed by atoms with Crippen molar-refractivity contribution in [3.05, 3.63) is 24.3 Å². The van der Waals surface area contributed by atoms with E-state index in [-0.39, 0.29) is 24.7 Å². The maximum absolute atomic E-state index is 12.0. The molecule has 0 saturated heterocycles. The molecule has 0 aliphatic carbocycles. The van der Waals surface area contributed by atoms with Crippen LogP contribution >= 0.6 is 0 Å². The van der Waals surface area contributed by atoms with Crippen LogP contribution in [-0.4, -0.2) is 28.0 Å². The van der Waals surface area contributed by atoms with Gasteiger partial charge in [0, 0.05) is 12.8 Å². The van der Waals surface area contributed by atoms with Gasteiger partial charge in [0.25, 0.3) is 0 Å². The zero-order chi connectivity index (χ0) is 16.8. The number of aromatic nitrogens is 2. The third kappa shape index (κ3) is 4.41. The minimum atomic E-state index is -0.672. The Hall–Kier alpha value is -2.64. The molecule has 124 valence electrons. The first-order valence-corrected chi connectivity index (χ1v) is 7.46. The Kier molecular flexibility index (Phi) is 5.51. The third-order valence-corrected chi connectivity index (χ3v) is 3.61. The molecule has 8 nitrogen and oxygen atoms in total. The number of rotatable bonds is 8. The maximum Gasteiger partial charge on any atom is 0.240 e. The number of hydrogen-bond acceptors (Lipinski definition) is 6. The van der Waals surface area contributed by atoms with E-state index in [1.165, 1.54) is 6.26 Å². The number of nitrogens with two attached hydrogens (primary N) is 1. The first kappa shape index (κ1) is 16.7. The lowest BCUT2D eigenvalue weighted by Gasteiger charge is -2.20. The number of furan rings is 1. The summed E-state index contributed by atoms with van der Waals surface area (Å²) in [6, 6.07) is 2.76. The van der Waals surface area contributed by atoms with Crippen molar-refractivity contribution in [3.63, 3.8) is 0 Å². The molecule has 2 aromatic rings. The number of hydrogen-bond donors (Lipinski definition) is 2. The molecule has 2 unspecified atom stereocenters. The summed E-state index contributed by atoms with van der Waals surface area (Å²) < 4.78 is 10.2. The number of carbonyl (C=O) groups excluding carboxylic acids is 2. The van der Waals surface area contributed by atoms with Crippen molar-refractivity contribution in [2.24, 2.45) is 11.7 Å². The summed E-state index contributed by atoms with van der Waals surface area (Å²) in [7, 11) is 0. The van der Waals surface area contributed by atoms with Gasteiger partial charge in [-0.25, -0.2) is 0 Å². The summed E-state index contributed by atoms with van der Waals surface area (Å²) in [5.74, 6) is 0.309. The summed E-state index contributed by atoms with van der Waals surface area (Å²) in [6.45, 7) is 3.80. The van der Waals surface area contributed by atoms with Gasteiger partial charge in [-0.15, -0.1) is 0 Å². The number of nitrogens with one attached hydrogen (secondary N) is 1. The molecule has 0 aliphatic heterocycles. The molecule has 0 aromatic carbocycles. The normalized spacial score (nSPS) is 13.5. The Morgan fingerprint density at radius 2 is 2.22 bits per heavy atom. The number of aryl methyl sites for hydroxylation is 1. The monoisotopic (exact) mass is 320 g/mol. The predicted octanol–water partition coefficient (Wildman–Crippen LogP) is 1.28. The Morgan fingerprint density at radius 1 is 1.43 bits per heavy atom. The van der Waals surface area contributed by atoms with Crippen molar-refractivity contribution in [2.75, 3.05) is 0 Å². The van der Waals surface area contributed by atoms with Crippen LogP contribution in [0.5, 0.6) is 0 Å². The van der Waals surface area contributed by atoms with Crippen LogP contribution in [-0.2, 0) is 16.0 Å². The average molecular weight is 320 g/mol. The molecule has 2 amide bonds. The third-order valence-electron chi connectivity index (χ3n) is 3.61. The quantitative estimate of drug-likeness (QED) is 0.755. The van der Waals surface area contributed by atoms with Gasteiger partial charge in [-0.2, -0.15) is 4.98 Å². The number of nitrogens with zero attached hydrogens (tertiary/aromatic N) is 2. The highest BCUT2D eigenvalue weighted by molar-refractivity contribution is 5.86. The number of primary amides is 1. The minimum Gasteiger partial charge on any atom is -0.461 e. The number of carbonyl (C=O) groups is 2. The predicted molar refractivity (Wildman–Crippen MR) is 80.9 cm³/mol. The van der Waals surface area contributed by atoms with Crippen LogP contribution < -0.4 is 11.1 Å². The van der Waals surface area contributed by atoms with Crippen molar-refractivity contribution in [3.8, 4) is 11.6 Å². The van der Waals surface area contributed by atoms with E-state index in [9.17, 15) is 9.59 Å². The maximum atomic E-state index is 12.0. The molecule has 2 rings (SSSR count). The second-order valence-corrected chi connectivity index (χ2v) is 5.32. The summed E-state index contributed by atoms with van der Waals surface area (Å²) >= 11 is 0. The summed E-state index contributed by atoms with van der Waals surface area (Å²) in [5.41, 5.74) is 5.32. The van der Waals surface area contributed by atoms with Gasteiger partial charge in [-0.3, -0.25) is 9.59 Å². The van der Waals surface area contributed by atoms with Crippen LogP contribution in [0.1, 0.15) is 32.6 Å². The zero-order valence-electron chi connectivity index (χ0n) is 13.1. The van der Waals surface area contributed by atoms with Gasteiger partial charge in [-0.1, -0.05) is 25.4 Å². The molecule has 8 heteroatoms. The van der Waals surface area contributed by atoms with Gasteiger partial charge in [0.15, 0.2) is 5.76 Å². The molecule has 0 saturated carbocycles. The Labute approximate surface area is 133 Å². The summed E-state index contributed by atoms with van der Waals surface area (Å²) in [4.78, 5) is 27.5. The Balaban J connectivity index is 1.88. The van der Waals surface area contributed by atoms with E-state index in [2.05, 4.69) is 15.5 Å². The first-order valence-electron chi connectivity index (χ1n) is 7.46. The average Bonchev–Trinajstić information content (AvgIpc) is 3.20. The molecule has 2 heterocycles. The van der Waals surface area contributed by atoms with Gasteiger partial charge >= 0.3 is 0 Å². The highest BCUT2D eigenvalue weighted by atomic mass is 16.5. The standard InChI is InChI=1S/C15H20N4O4/c1-3-9(2)13(14(16)21)17-11(20)6-7-12-18-15(19-23-12)10-5-4-8-22-10/h4-5,8-9,13H,3,6-7H2,1-2H3,(H2,16,21)(H,17,20). The summed E-state index contributed by atoms with van der Waals surface area (Å²) in [6.07, 6.45) is 2.65. The lowest BCUT2D eigenvalue weighted by molar-refractivity contribution is -0.128. The topological polar surface area (TPSA) is 124 Å². The molecule has 0 radical (unpaired) electrons. The fraction of sp³-hybridized carbons (Fsp3) is 0.467. The van der Waals surface area contributed by atoms with E-state index in [1.807, 2.05) is 13.8 Å². The van der Waals surface area contributed by atoms with Crippen LogP contribution in [0.2, 0.25) is 0 Å². The smallest absolute Gasteiger partial charge is 0.240 e. The van der Waals surface area contributed by atoms with Gasteiger partial charge in [-0.05, 0) is 18.1 Å². The van der Waals surface area contributed by atoms with Gasteiger partial charge in [0.1, 0.15) is 6.04 Å². The van der Waals surface area contributed by atoms with E-state index < -0.39 is 11.9 Å². The van der Waals surface area contributed by atoms with Crippen LogP contribution in [0.15, 0.2) is 27.3 Å². The lowest BCUT2D eigenvalue weighted by atomic mass is 9.98. The van der Waals surface area contributed by atoms with E-state index in [0.717, 1.165) is 6.42 Å². The second kappa shape index (κ2) is 7.57. The van der Waals surface area contributed by atoms with Crippen molar-refractivity contribution in [1.82, 2.24) is 15.5 Å². The highest BCUT2D eigenvalue weighted by Crippen LogP contribution is 2.16. The number of amides is 2. The molecule has 0 aliphatic rings. The molecule has 2 atom stereocenters. The molecule has 0 bridgehead atoms. The van der Waals surface area contributed by atoms with Crippen molar-refractivity contribution < 1.29 is 18.5 Å². The first-order chi connectivity index (χ1) is 11.0. The van der Waals surface area contributed by atoms with E-state index in [1.54, 1.807) is 12.1 Å². The fourth-order valence-electron chi connectivity index (χ4n) is 2.06. The van der Waals surface area contributed by atoms with E-state index >= 15 is 0 Å². The van der Waals surface area contributed by atoms with E-state index in [4.69, 9.17) is 14.7 Å². The molecular weight excluding hydrogens is 300 g/mol. The second-order valence-electron chi connectivity index (χ2n) is 5.32. The van der Waals surface area contributed by atoms with Crippen LogP contribution in [0.25, 0.3) is 11.6 Å². The molecule has 0 fully saturated rings. The van der Waals surface area contributed by atoms with Gasteiger partial charge in [0.05, 0.1) is 6.26 Å². The summed E-state index contributed by atoms with van der Waals surface area (Å²) in [5, 5.41) is 6.43. The molecular formula is C15H20N4O4. The zero-order valence-corrected chi connectivity index (χ0v) is 13.1. The highest BCUT2D eigenvalue weighted by Gasteiger charge is 2.23. The lowest BCUT2D eigenvalue weighted by Crippen LogP contribution is -2.48. The van der Waals surface area contributed by atoms with Crippen molar-refractivity contribution in [1.29, 1.82) is 0 Å². The van der Waals surface area contributed by atoms with E-state index in [0.29, 0.717) is 17.5 Å². The van der Waals surface area contributed by atoms with Crippen LogP contribution in [0, 0.1) is 5.92 Å². The molecule has 2 aromatic heterocycles. The molecule has 23 heavy (non-hydrogen) atoms. The molecule has 0 spiro atoms. The minimum absolute atomic E-state index is 0.0228. The van der Waals surface area contributed by atoms with Gasteiger partial charge in [0.2, 0.25) is 23.5 Å². The van der Waals surface area contributed by atoms with Crippen LogP contribution in [0.4, 0.5) is 0 Å². The van der Waals surface area contributed by atoms with Gasteiger partial charge < -0.3 is 20.0 Å². The molecule has 3 N–H and O–H groups in total. The van der Waals surface area contributed by atoms with Crippen molar-refractivity contribution >= 4 is 11.8 Å². The van der Waals surface area contributed by atoms with Crippen LogP contribution in [0.3, 0.4) is 0 Å². The fourth-order valence-corrected chi connectivity index (χ4v) is 2.06. The Bertz CT molecular complexity index is 650. The van der Waals surface area contributed by atoms with Crippen molar-refractivity contribution in [2.45, 2.75) is 39.2 Å². The Morgan fingerprint density at radius 3 is 2.83 bits per heavy atom.